The number of furan rings is 1. The molecule has 0 bridgehead atoms. The first-order valence-corrected chi connectivity index (χ1v) is 4.19. The van der Waals surface area contributed by atoms with Crippen LogP contribution in [0.2, 0.25) is 0 Å². The number of rotatable bonds is 3. The van der Waals surface area contributed by atoms with Gasteiger partial charge in [0.2, 0.25) is 5.78 Å². The summed E-state index contributed by atoms with van der Waals surface area (Å²) < 4.78 is 5.05. The Balaban J connectivity index is 2.11. The number of aromatic nitrogens is 2. The number of hydrogen-bond donors (Lipinski definition) is 0. The predicted octanol–water partition coefficient (Wildman–Crippen LogP) is 1.49. The minimum absolute atomic E-state index is 0.138. The van der Waals surface area contributed by atoms with Crippen molar-refractivity contribution in [2.45, 2.75) is 6.42 Å². The maximum absolute atomic E-state index is 11.5. The van der Waals surface area contributed by atoms with Crippen LogP contribution in [-0.2, 0) is 6.42 Å². The van der Waals surface area contributed by atoms with Crippen LogP contribution >= 0.6 is 0 Å². The molecule has 0 unspecified atom stereocenters. The molecule has 0 aromatic carbocycles. The van der Waals surface area contributed by atoms with E-state index in [2.05, 4.69) is 9.97 Å². The summed E-state index contributed by atoms with van der Waals surface area (Å²) in [6.45, 7) is 0. The molecule has 0 spiro atoms. The molecule has 4 heteroatoms. The zero-order chi connectivity index (χ0) is 9.80. The summed E-state index contributed by atoms with van der Waals surface area (Å²) in [5.74, 6) is 0.715. The van der Waals surface area contributed by atoms with Crippen LogP contribution in [0.25, 0.3) is 0 Å². The fourth-order valence-electron chi connectivity index (χ4n) is 1.09. The molecule has 0 saturated heterocycles. The van der Waals surface area contributed by atoms with E-state index in [0.717, 1.165) is 0 Å². The maximum Gasteiger partial charge on any atom is 0.207 e. The Hall–Kier alpha value is -1.97. The quantitative estimate of drug-likeness (QED) is 0.685. The molecule has 0 aliphatic heterocycles. The summed E-state index contributed by atoms with van der Waals surface area (Å²) in [4.78, 5) is 19.2. The SMILES string of the molecule is O=C(Cc1ccco1)c1ncccn1. The van der Waals surface area contributed by atoms with E-state index >= 15 is 0 Å². The van der Waals surface area contributed by atoms with Crippen LogP contribution in [0, 0.1) is 0 Å². The van der Waals surface area contributed by atoms with Gasteiger partial charge in [-0.15, -0.1) is 0 Å². The molecule has 0 saturated carbocycles. The zero-order valence-electron chi connectivity index (χ0n) is 7.38. The van der Waals surface area contributed by atoms with Crippen molar-refractivity contribution in [1.29, 1.82) is 0 Å². The average molecular weight is 188 g/mol. The molecule has 2 rings (SSSR count). The minimum atomic E-state index is -0.138. The molecule has 2 aromatic rings. The Bertz CT molecular complexity index is 409. The normalized spacial score (nSPS) is 10.0. The predicted molar refractivity (Wildman–Crippen MR) is 48.8 cm³/mol. The Kier molecular flexibility index (Phi) is 2.36. The summed E-state index contributed by atoms with van der Waals surface area (Å²) >= 11 is 0. The first-order valence-electron chi connectivity index (χ1n) is 4.19. The van der Waals surface area contributed by atoms with Gasteiger partial charge in [-0.3, -0.25) is 4.79 Å². The highest BCUT2D eigenvalue weighted by molar-refractivity contribution is 5.93. The fraction of sp³-hybridized carbons (Fsp3) is 0.100. The van der Waals surface area contributed by atoms with Crippen LogP contribution in [-0.4, -0.2) is 15.8 Å². The second kappa shape index (κ2) is 3.83. The molecular weight excluding hydrogens is 180 g/mol. The van der Waals surface area contributed by atoms with E-state index in [1.807, 2.05) is 0 Å². The number of carbonyl (C=O) groups excluding carboxylic acids is 1. The van der Waals surface area contributed by atoms with Crippen molar-refractivity contribution in [3.05, 3.63) is 48.4 Å². The molecule has 2 heterocycles. The van der Waals surface area contributed by atoms with E-state index in [1.54, 1.807) is 30.6 Å². The summed E-state index contributed by atoms with van der Waals surface area (Å²) in [5, 5.41) is 0. The molecule has 0 N–H and O–H groups in total. The molecule has 0 aliphatic carbocycles. The molecule has 0 aliphatic rings. The Labute approximate surface area is 80.6 Å². The lowest BCUT2D eigenvalue weighted by molar-refractivity contribution is 0.0977. The standard InChI is InChI=1S/C10H8N2O2/c13-9(7-8-3-1-6-14-8)10-11-4-2-5-12-10/h1-6H,7H2. The van der Waals surface area contributed by atoms with E-state index in [0.29, 0.717) is 5.76 Å². The van der Waals surface area contributed by atoms with E-state index in [-0.39, 0.29) is 18.0 Å². The van der Waals surface area contributed by atoms with Gasteiger partial charge in [0.05, 0.1) is 12.7 Å². The van der Waals surface area contributed by atoms with Crippen molar-refractivity contribution in [3.63, 3.8) is 0 Å². The van der Waals surface area contributed by atoms with Crippen molar-refractivity contribution in [3.8, 4) is 0 Å². The lowest BCUT2D eigenvalue weighted by Crippen LogP contribution is -2.07. The third kappa shape index (κ3) is 1.85. The number of hydrogen-bond acceptors (Lipinski definition) is 4. The molecule has 14 heavy (non-hydrogen) atoms. The van der Waals surface area contributed by atoms with E-state index in [1.165, 1.54) is 6.26 Å². The number of carbonyl (C=O) groups is 1. The van der Waals surface area contributed by atoms with Gasteiger partial charge in [0.15, 0.2) is 5.82 Å². The van der Waals surface area contributed by atoms with Gasteiger partial charge in [0.1, 0.15) is 5.76 Å². The van der Waals surface area contributed by atoms with Crippen LogP contribution in [0.3, 0.4) is 0 Å². The maximum atomic E-state index is 11.5. The molecule has 4 nitrogen and oxygen atoms in total. The van der Waals surface area contributed by atoms with Gasteiger partial charge < -0.3 is 4.42 Å². The second-order valence-electron chi connectivity index (χ2n) is 2.75. The van der Waals surface area contributed by atoms with E-state index < -0.39 is 0 Å². The number of nitrogens with zero attached hydrogens (tertiary/aromatic N) is 2. The summed E-state index contributed by atoms with van der Waals surface area (Å²) in [6.07, 6.45) is 4.83. The molecular formula is C10H8N2O2. The fourth-order valence-corrected chi connectivity index (χ4v) is 1.09. The van der Waals surface area contributed by atoms with Crippen LogP contribution in [0.1, 0.15) is 16.4 Å². The average Bonchev–Trinajstić information content (AvgIpc) is 2.72. The highest BCUT2D eigenvalue weighted by Gasteiger charge is 2.10. The first-order chi connectivity index (χ1) is 6.86. The number of Topliss-reactive ketones (excluding diaryl/α,β-unsaturated/α-hetero) is 1. The minimum Gasteiger partial charge on any atom is -0.469 e. The van der Waals surface area contributed by atoms with Gasteiger partial charge >= 0.3 is 0 Å². The lowest BCUT2D eigenvalue weighted by Gasteiger charge is -1.95. The van der Waals surface area contributed by atoms with Gasteiger partial charge in [-0.1, -0.05) is 0 Å². The summed E-state index contributed by atoms with van der Waals surface area (Å²) in [5.41, 5.74) is 0. The van der Waals surface area contributed by atoms with Crippen molar-refractivity contribution in [2.24, 2.45) is 0 Å². The second-order valence-corrected chi connectivity index (χ2v) is 2.75. The zero-order valence-corrected chi connectivity index (χ0v) is 7.38. The molecule has 0 fully saturated rings. The van der Waals surface area contributed by atoms with Crippen LogP contribution in [0.15, 0.2) is 41.3 Å². The van der Waals surface area contributed by atoms with Crippen LogP contribution in [0.5, 0.6) is 0 Å². The van der Waals surface area contributed by atoms with Gasteiger partial charge in [-0.05, 0) is 18.2 Å². The third-order valence-corrected chi connectivity index (χ3v) is 1.73. The van der Waals surface area contributed by atoms with Crippen molar-refractivity contribution >= 4 is 5.78 Å². The molecule has 0 amide bonds. The molecule has 70 valence electrons. The Morgan fingerprint density at radius 2 is 2.07 bits per heavy atom. The Morgan fingerprint density at radius 1 is 1.29 bits per heavy atom. The highest BCUT2D eigenvalue weighted by atomic mass is 16.3. The van der Waals surface area contributed by atoms with Gasteiger partial charge in [-0.25, -0.2) is 9.97 Å². The van der Waals surface area contributed by atoms with Crippen molar-refractivity contribution in [1.82, 2.24) is 9.97 Å². The van der Waals surface area contributed by atoms with Gasteiger partial charge in [-0.2, -0.15) is 0 Å². The summed E-state index contributed by atoms with van der Waals surface area (Å²) in [7, 11) is 0. The first kappa shape index (κ1) is 8.62. The van der Waals surface area contributed by atoms with Gasteiger partial charge in [0.25, 0.3) is 0 Å². The van der Waals surface area contributed by atoms with Crippen molar-refractivity contribution < 1.29 is 9.21 Å². The van der Waals surface area contributed by atoms with Gasteiger partial charge in [0, 0.05) is 12.4 Å². The van der Waals surface area contributed by atoms with Crippen molar-refractivity contribution in [2.75, 3.05) is 0 Å². The molecule has 2 aromatic heterocycles. The Morgan fingerprint density at radius 3 is 2.71 bits per heavy atom. The van der Waals surface area contributed by atoms with Crippen LogP contribution < -0.4 is 0 Å². The monoisotopic (exact) mass is 188 g/mol. The number of ketones is 1. The summed E-state index contributed by atoms with van der Waals surface area (Å²) in [6, 6.07) is 5.17. The molecule has 0 radical (unpaired) electrons. The molecule has 0 atom stereocenters. The largest absolute Gasteiger partial charge is 0.469 e. The van der Waals surface area contributed by atoms with E-state index in [9.17, 15) is 4.79 Å². The third-order valence-electron chi connectivity index (χ3n) is 1.73. The topological polar surface area (TPSA) is 56.0 Å². The van der Waals surface area contributed by atoms with Crippen LogP contribution in [0.4, 0.5) is 0 Å². The smallest absolute Gasteiger partial charge is 0.207 e. The lowest BCUT2D eigenvalue weighted by atomic mass is 10.2. The van der Waals surface area contributed by atoms with E-state index in [4.69, 9.17) is 4.42 Å². The highest BCUT2D eigenvalue weighted by Crippen LogP contribution is 2.04.